The van der Waals surface area contributed by atoms with Crippen LogP contribution in [0.25, 0.3) is 10.2 Å². The molecule has 2 aromatic heterocycles. The summed E-state index contributed by atoms with van der Waals surface area (Å²) in [5.74, 6) is 0.396. The Morgan fingerprint density at radius 1 is 1.27 bits per heavy atom. The van der Waals surface area contributed by atoms with Crippen LogP contribution in [-0.4, -0.2) is 67.7 Å². The number of hydrogen-bond acceptors (Lipinski definition) is 8. The van der Waals surface area contributed by atoms with Gasteiger partial charge in [-0.15, -0.1) is 11.3 Å². The predicted octanol–water partition coefficient (Wildman–Crippen LogP) is 1.65. The summed E-state index contributed by atoms with van der Waals surface area (Å²) >= 11 is 1.30. The molecule has 0 atom stereocenters. The lowest BCUT2D eigenvalue weighted by atomic mass is 10.2. The lowest BCUT2D eigenvalue weighted by molar-refractivity contribution is 0.0531. The van der Waals surface area contributed by atoms with Crippen molar-refractivity contribution >= 4 is 43.4 Å². The van der Waals surface area contributed by atoms with Crippen molar-refractivity contribution in [1.29, 1.82) is 0 Å². The number of esters is 1. The Bertz CT molecular complexity index is 926. The normalized spacial score (nSPS) is 16.7. The zero-order valence-electron chi connectivity index (χ0n) is 15.1. The first kappa shape index (κ1) is 19.0. The number of fused-ring (bicyclic) bond motifs is 1. The number of carbonyl (C=O) groups excluding carboxylic acids is 1. The maximum Gasteiger partial charge on any atom is 0.348 e. The molecule has 0 amide bonds. The number of aryl methyl sites for hydroxylation is 1. The van der Waals surface area contributed by atoms with Gasteiger partial charge in [0.05, 0.1) is 18.2 Å². The zero-order valence-corrected chi connectivity index (χ0v) is 16.7. The van der Waals surface area contributed by atoms with Gasteiger partial charge in [0.2, 0.25) is 10.0 Å². The van der Waals surface area contributed by atoms with Crippen LogP contribution in [0.1, 0.15) is 28.6 Å². The molecule has 0 aliphatic carbocycles. The van der Waals surface area contributed by atoms with Gasteiger partial charge in [-0.25, -0.2) is 27.5 Å². The van der Waals surface area contributed by atoms with Crippen LogP contribution in [0.15, 0.2) is 6.33 Å². The molecule has 0 bridgehead atoms. The van der Waals surface area contributed by atoms with Gasteiger partial charge in [-0.3, -0.25) is 0 Å². The van der Waals surface area contributed by atoms with Crippen molar-refractivity contribution in [2.75, 3.05) is 43.9 Å². The summed E-state index contributed by atoms with van der Waals surface area (Å²) in [7, 11) is -3.20. The van der Waals surface area contributed by atoms with E-state index in [9.17, 15) is 13.2 Å². The maximum absolute atomic E-state index is 12.2. The average molecular weight is 399 g/mol. The van der Waals surface area contributed by atoms with E-state index in [1.165, 1.54) is 28.2 Å². The van der Waals surface area contributed by atoms with Crippen LogP contribution in [0.4, 0.5) is 5.82 Å². The van der Waals surface area contributed by atoms with Gasteiger partial charge in [0.25, 0.3) is 0 Å². The third-order valence-electron chi connectivity index (χ3n) is 4.39. The van der Waals surface area contributed by atoms with Gasteiger partial charge >= 0.3 is 5.97 Å². The highest BCUT2D eigenvalue weighted by Gasteiger charge is 2.26. The molecule has 2 aromatic rings. The fourth-order valence-electron chi connectivity index (χ4n) is 3.12. The predicted molar refractivity (Wildman–Crippen MR) is 101 cm³/mol. The summed E-state index contributed by atoms with van der Waals surface area (Å²) in [6.07, 6.45) is 3.44. The van der Waals surface area contributed by atoms with Gasteiger partial charge in [-0.1, -0.05) is 0 Å². The SMILES string of the molecule is CCOC(=O)c1sc2ncnc(N3CCCN(S(C)(=O)=O)CC3)c2c1C. The molecule has 8 nitrogen and oxygen atoms in total. The van der Waals surface area contributed by atoms with Crippen LogP contribution in [0.5, 0.6) is 0 Å². The molecular weight excluding hydrogens is 376 g/mol. The molecule has 0 saturated carbocycles. The minimum atomic E-state index is -3.20. The van der Waals surface area contributed by atoms with Crippen molar-refractivity contribution < 1.29 is 17.9 Å². The molecule has 0 unspecified atom stereocenters. The van der Waals surface area contributed by atoms with E-state index in [2.05, 4.69) is 14.9 Å². The minimum absolute atomic E-state index is 0.318. The topological polar surface area (TPSA) is 92.7 Å². The fraction of sp³-hybridized carbons (Fsp3) is 0.562. The van der Waals surface area contributed by atoms with Crippen molar-refractivity contribution in [3.8, 4) is 0 Å². The monoisotopic (exact) mass is 398 g/mol. The second-order valence-corrected chi connectivity index (χ2v) is 9.14. The summed E-state index contributed by atoms with van der Waals surface area (Å²) in [5.41, 5.74) is 0.809. The van der Waals surface area contributed by atoms with Crippen LogP contribution in [0.3, 0.4) is 0 Å². The molecule has 26 heavy (non-hydrogen) atoms. The average Bonchev–Trinajstić information content (AvgIpc) is 2.77. The minimum Gasteiger partial charge on any atom is -0.462 e. The lowest BCUT2D eigenvalue weighted by Crippen LogP contribution is -2.34. The third kappa shape index (κ3) is 3.67. The van der Waals surface area contributed by atoms with Crippen molar-refractivity contribution in [2.24, 2.45) is 0 Å². The fourth-order valence-corrected chi connectivity index (χ4v) is 5.03. The lowest BCUT2D eigenvalue weighted by Gasteiger charge is -2.22. The number of sulfonamides is 1. The number of aromatic nitrogens is 2. The number of thiophene rings is 1. The summed E-state index contributed by atoms with van der Waals surface area (Å²) < 4.78 is 30.3. The van der Waals surface area contributed by atoms with Crippen LogP contribution >= 0.6 is 11.3 Å². The van der Waals surface area contributed by atoms with Crippen LogP contribution in [-0.2, 0) is 14.8 Å². The second kappa shape index (κ2) is 7.45. The van der Waals surface area contributed by atoms with E-state index < -0.39 is 10.0 Å². The quantitative estimate of drug-likeness (QED) is 0.723. The molecule has 3 rings (SSSR count). The van der Waals surface area contributed by atoms with E-state index in [0.717, 1.165) is 21.6 Å². The van der Waals surface area contributed by atoms with Gasteiger partial charge < -0.3 is 9.64 Å². The second-order valence-electron chi connectivity index (χ2n) is 6.16. The van der Waals surface area contributed by atoms with Gasteiger partial charge in [0, 0.05) is 26.2 Å². The zero-order chi connectivity index (χ0) is 18.9. The Hall–Kier alpha value is -1.78. The van der Waals surface area contributed by atoms with E-state index in [1.54, 1.807) is 6.92 Å². The molecule has 142 valence electrons. The van der Waals surface area contributed by atoms with Crippen molar-refractivity contribution in [3.05, 3.63) is 16.8 Å². The van der Waals surface area contributed by atoms with Crippen molar-refractivity contribution in [3.63, 3.8) is 0 Å². The molecule has 0 spiro atoms. The molecule has 3 heterocycles. The van der Waals surface area contributed by atoms with Crippen LogP contribution in [0, 0.1) is 6.92 Å². The van der Waals surface area contributed by atoms with Gasteiger partial charge in [0.15, 0.2) is 0 Å². The van der Waals surface area contributed by atoms with Crippen LogP contribution in [0.2, 0.25) is 0 Å². The highest BCUT2D eigenvalue weighted by molar-refractivity contribution is 7.88. The van der Waals surface area contributed by atoms with E-state index in [0.29, 0.717) is 44.1 Å². The number of ether oxygens (including phenoxy) is 1. The molecule has 1 aliphatic rings. The Kier molecular flexibility index (Phi) is 5.44. The smallest absolute Gasteiger partial charge is 0.348 e. The first-order valence-corrected chi connectivity index (χ1v) is 11.1. The molecule has 1 saturated heterocycles. The van der Waals surface area contributed by atoms with Crippen molar-refractivity contribution in [1.82, 2.24) is 14.3 Å². The van der Waals surface area contributed by atoms with E-state index in [1.807, 2.05) is 6.92 Å². The Balaban J connectivity index is 1.96. The van der Waals surface area contributed by atoms with Gasteiger partial charge in [-0.05, 0) is 25.8 Å². The Morgan fingerprint density at radius 2 is 2.04 bits per heavy atom. The summed E-state index contributed by atoms with van der Waals surface area (Å²) in [5, 5.41) is 0.841. The van der Waals surface area contributed by atoms with Crippen LogP contribution < -0.4 is 4.90 Å². The number of hydrogen-bond donors (Lipinski definition) is 0. The van der Waals surface area contributed by atoms with E-state index in [4.69, 9.17) is 4.74 Å². The standard InChI is InChI=1S/C16H22N4O4S2/c1-4-24-16(21)13-11(2)12-14(17-10-18-15(12)25-13)19-6-5-7-20(9-8-19)26(3,22)23/h10H,4-9H2,1-3H3. The summed E-state index contributed by atoms with van der Waals surface area (Å²) in [6.45, 7) is 6.12. The number of anilines is 1. The molecule has 1 fully saturated rings. The Labute approximate surface area is 156 Å². The number of rotatable bonds is 4. The highest BCUT2D eigenvalue weighted by Crippen LogP contribution is 2.35. The van der Waals surface area contributed by atoms with E-state index in [-0.39, 0.29) is 5.97 Å². The van der Waals surface area contributed by atoms with Gasteiger partial charge in [-0.2, -0.15) is 0 Å². The molecule has 1 aliphatic heterocycles. The van der Waals surface area contributed by atoms with Crippen molar-refractivity contribution in [2.45, 2.75) is 20.3 Å². The maximum atomic E-state index is 12.2. The summed E-state index contributed by atoms with van der Waals surface area (Å²) in [6, 6.07) is 0. The molecule has 0 aromatic carbocycles. The number of nitrogens with zero attached hydrogens (tertiary/aromatic N) is 4. The molecule has 0 radical (unpaired) electrons. The highest BCUT2D eigenvalue weighted by atomic mass is 32.2. The first-order valence-electron chi connectivity index (χ1n) is 8.44. The molecule has 0 N–H and O–H groups in total. The number of carbonyl (C=O) groups is 1. The molecule has 10 heteroatoms. The van der Waals surface area contributed by atoms with Gasteiger partial charge in [0.1, 0.15) is 21.9 Å². The third-order valence-corrected chi connectivity index (χ3v) is 6.87. The largest absolute Gasteiger partial charge is 0.462 e. The Morgan fingerprint density at radius 3 is 2.73 bits per heavy atom. The van der Waals surface area contributed by atoms with E-state index >= 15 is 0 Å². The first-order chi connectivity index (χ1) is 12.3. The summed E-state index contributed by atoms with van der Waals surface area (Å²) in [4.78, 5) is 24.3. The molecular formula is C16H22N4O4S2.